The van der Waals surface area contributed by atoms with Crippen LogP contribution in [-0.4, -0.2) is 44.8 Å². The largest absolute Gasteiger partial charge is 0.490 e. The number of carbonyl (C=O) groups excluding carboxylic acids is 2. The Morgan fingerprint density at radius 3 is 2.55 bits per heavy atom. The summed E-state index contributed by atoms with van der Waals surface area (Å²) in [6, 6.07) is 20.5. The van der Waals surface area contributed by atoms with E-state index in [-0.39, 0.29) is 25.2 Å². The highest BCUT2D eigenvalue weighted by Crippen LogP contribution is 2.33. The maximum absolute atomic E-state index is 12.8. The molecule has 0 spiro atoms. The Bertz CT molecular complexity index is 1160. The number of methoxy groups -OCH3 is 1. The predicted octanol–water partition coefficient (Wildman–Crippen LogP) is 3.78. The van der Waals surface area contributed by atoms with Gasteiger partial charge in [-0.05, 0) is 53.9 Å². The fourth-order valence-electron chi connectivity index (χ4n) is 3.56. The SMILES string of the molecule is COC(=O)CNC(=O)c1ccc(OC[C@@H]2COc3ccccc3O2)cc1-c1ccccc1C. The molecule has 1 aliphatic rings. The Balaban J connectivity index is 1.53. The molecule has 170 valence electrons. The van der Waals surface area contributed by atoms with Crippen LogP contribution in [0.5, 0.6) is 17.2 Å². The van der Waals surface area contributed by atoms with Crippen LogP contribution in [-0.2, 0) is 9.53 Å². The number of hydrogen-bond acceptors (Lipinski definition) is 6. The second-order valence-electron chi connectivity index (χ2n) is 7.59. The van der Waals surface area contributed by atoms with E-state index in [0.29, 0.717) is 29.2 Å². The predicted molar refractivity (Wildman–Crippen MR) is 123 cm³/mol. The van der Waals surface area contributed by atoms with Gasteiger partial charge in [-0.3, -0.25) is 9.59 Å². The van der Waals surface area contributed by atoms with Gasteiger partial charge in [0, 0.05) is 5.56 Å². The first-order chi connectivity index (χ1) is 16.0. The number of rotatable bonds is 7. The van der Waals surface area contributed by atoms with Gasteiger partial charge in [-0.25, -0.2) is 0 Å². The van der Waals surface area contributed by atoms with Crippen molar-refractivity contribution < 1.29 is 28.5 Å². The lowest BCUT2D eigenvalue weighted by Gasteiger charge is -2.26. The number of amides is 1. The molecule has 4 rings (SSSR count). The summed E-state index contributed by atoms with van der Waals surface area (Å²) in [6.07, 6.45) is -0.259. The minimum absolute atomic E-state index is 0.207. The van der Waals surface area contributed by atoms with Crippen LogP contribution in [0.4, 0.5) is 0 Å². The maximum Gasteiger partial charge on any atom is 0.325 e. The fraction of sp³-hybridized carbons (Fsp3) is 0.231. The van der Waals surface area contributed by atoms with Gasteiger partial charge in [0.15, 0.2) is 17.6 Å². The van der Waals surface area contributed by atoms with Gasteiger partial charge in [-0.15, -0.1) is 0 Å². The highest BCUT2D eigenvalue weighted by atomic mass is 16.6. The highest BCUT2D eigenvalue weighted by Gasteiger charge is 2.22. The molecule has 0 radical (unpaired) electrons. The lowest BCUT2D eigenvalue weighted by atomic mass is 9.95. The lowest BCUT2D eigenvalue weighted by Crippen LogP contribution is -2.34. The Labute approximate surface area is 192 Å². The first-order valence-electron chi connectivity index (χ1n) is 10.6. The summed E-state index contributed by atoms with van der Waals surface area (Å²) < 4.78 is 22.3. The molecule has 33 heavy (non-hydrogen) atoms. The van der Waals surface area contributed by atoms with Crippen LogP contribution >= 0.6 is 0 Å². The Hall–Kier alpha value is -4.00. The van der Waals surface area contributed by atoms with Gasteiger partial charge in [0.1, 0.15) is 25.5 Å². The molecule has 1 atom stereocenters. The van der Waals surface area contributed by atoms with Crippen LogP contribution in [0.15, 0.2) is 66.7 Å². The van der Waals surface area contributed by atoms with Crippen LogP contribution in [0.1, 0.15) is 15.9 Å². The number of nitrogens with one attached hydrogen (secondary N) is 1. The zero-order chi connectivity index (χ0) is 23.2. The Morgan fingerprint density at radius 1 is 1.00 bits per heavy atom. The number of ether oxygens (including phenoxy) is 4. The Kier molecular flexibility index (Phi) is 6.78. The number of fused-ring (bicyclic) bond motifs is 1. The Morgan fingerprint density at radius 2 is 1.76 bits per heavy atom. The summed E-state index contributed by atoms with van der Waals surface area (Å²) in [4.78, 5) is 24.3. The summed E-state index contributed by atoms with van der Waals surface area (Å²) in [5.41, 5.74) is 3.06. The minimum Gasteiger partial charge on any atom is -0.490 e. The molecule has 0 saturated heterocycles. The van der Waals surface area contributed by atoms with Crippen molar-refractivity contribution in [3.8, 4) is 28.4 Å². The molecule has 0 unspecified atom stereocenters. The van der Waals surface area contributed by atoms with Gasteiger partial charge in [0.25, 0.3) is 5.91 Å². The van der Waals surface area contributed by atoms with E-state index in [2.05, 4.69) is 10.1 Å². The molecule has 1 heterocycles. The molecule has 0 bridgehead atoms. The van der Waals surface area contributed by atoms with Crippen molar-refractivity contribution in [2.75, 3.05) is 26.9 Å². The molecule has 1 N–H and O–H groups in total. The summed E-state index contributed by atoms with van der Waals surface area (Å²) in [5, 5.41) is 2.60. The molecule has 0 saturated carbocycles. The zero-order valence-electron chi connectivity index (χ0n) is 18.5. The van der Waals surface area contributed by atoms with Crippen LogP contribution in [0.25, 0.3) is 11.1 Å². The number of aryl methyl sites for hydroxylation is 1. The highest BCUT2D eigenvalue weighted by molar-refractivity contribution is 6.02. The summed E-state index contributed by atoms with van der Waals surface area (Å²) in [5.74, 6) is 1.12. The third kappa shape index (κ3) is 5.26. The molecule has 0 aromatic heterocycles. The average molecular weight is 447 g/mol. The van der Waals surface area contributed by atoms with Crippen molar-refractivity contribution in [1.29, 1.82) is 0 Å². The molecule has 0 fully saturated rings. The second-order valence-corrected chi connectivity index (χ2v) is 7.59. The number of hydrogen-bond donors (Lipinski definition) is 1. The van der Waals surface area contributed by atoms with Gasteiger partial charge in [0.2, 0.25) is 0 Å². The van der Waals surface area contributed by atoms with Crippen molar-refractivity contribution in [2.45, 2.75) is 13.0 Å². The number of para-hydroxylation sites is 2. The quantitative estimate of drug-likeness (QED) is 0.555. The van der Waals surface area contributed by atoms with Gasteiger partial charge in [-0.1, -0.05) is 36.4 Å². The second kappa shape index (κ2) is 10.1. The third-order valence-corrected chi connectivity index (χ3v) is 5.30. The number of carbonyl (C=O) groups is 2. The van der Waals surface area contributed by atoms with Crippen LogP contribution in [0.2, 0.25) is 0 Å². The summed E-state index contributed by atoms with van der Waals surface area (Å²) in [7, 11) is 1.28. The fourth-order valence-corrected chi connectivity index (χ4v) is 3.56. The molecule has 7 nitrogen and oxygen atoms in total. The molecular weight excluding hydrogens is 422 g/mol. The van der Waals surface area contributed by atoms with Gasteiger partial charge in [-0.2, -0.15) is 0 Å². The normalized spacial score (nSPS) is 14.3. The van der Waals surface area contributed by atoms with Crippen molar-refractivity contribution in [1.82, 2.24) is 5.32 Å². The maximum atomic E-state index is 12.8. The van der Waals surface area contributed by atoms with E-state index in [1.807, 2.05) is 61.5 Å². The molecular formula is C26H25NO6. The average Bonchev–Trinajstić information content (AvgIpc) is 2.85. The van der Waals surface area contributed by atoms with Gasteiger partial charge >= 0.3 is 5.97 Å². The van der Waals surface area contributed by atoms with Crippen molar-refractivity contribution in [3.63, 3.8) is 0 Å². The van der Waals surface area contributed by atoms with E-state index in [1.54, 1.807) is 12.1 Å². The smallest absolute Gasteiger partial charge is 0.325 e. The topological polar surface area (TPSA) is 83.1 Å². The van der Waals surface area contributed by atoms with Crippen molar-refractivity contribution in [2.24, 2.45) is 0 Å². The van der Waals surface area contributed by atoms with E-state index in [4.69, 9.17) is 14.2 Å². The van der Waals surface area contributed by atoms with Gasteiger partial charge < -0.3 is 24.3 Å². The van der Waals surface area contributed by atoms with Crippen molar-refractivity contribution >= 4 is 11.9 Å². The molecule has 1 aliphatic heterocycles. The van der Waals surface area contributed by atoms with E-state index >= 15 is 0 Å². The van der Waals surface area contributed by atoms with Crippen LogP contribution in [0, 0.1) is 6.92 Å². The van der Waals surface area contributed by atoms with E-state index in [9.17, 15) is 9.59 Å². The van der Waals surface area contributed by atoms with E-state index in [1.165, 1.54) is 7.11 Å². The molecule has 1 amide bonds. The monoisotopic (exact) mass is 447 g/mol. The third-order valence-electron chi connectivity index (χ3n) is 5.30. The lowest BCUT2D eigenvalue weighted by molar-refractivity contribution is -0.139. The van der Waals surface area contributed by atoms with Crippen molar-refractivity contribution in [3.05, 3.63) is 77.9 Å². The number of esters is 1. The van der Waals surface area contributed by atoms with Gasteiger partial charge in [0.05, 0.1) is 7.11 Å². The molecule has 7 heteroatoms. The molecule has 0 aliphatic carbocycles. The first-order valence-corrected chi connectivity index (χ1v) is 10.6. The molecule has 3 aromatic carbocycles. The minimum atomic E-state index is -0.517. The van der Waals surface area contributed by atoms with E-state index < -0.39 is 5.97 Å². The van der Waals surface area contributed by atoms with E-state index in [0.717, 1.165) is 16.9 Å². The van der Waals surface area contributed by atoms with Crippen LogP contribution < -0.4 is 19.5 Å². The summed E-state index contributed by atoms with van der Waals surface area (Å²) in [6.45, 7) is 2.44. The first kappa shape index (κ1) is 22.2. The summed E-state index contributed by atoms with van der Waals surface area (Å²) >= 11 is 0. The van der Waals surface area contributed by atoms with Crippen LogP contribution in [0.3, 0.4) is 0 Å². The number of benzene rings is 3. The standard InChI is InChI=1S/C26H25NO6/c1-17-7-3-4-8-20(17)22-13-18(11-12-21(22)26(29)27-14-25(28)30-2)31-15-19-16-32-23-9-5-6-10-24(23)33-19/h3-13,19H,14-16H2,1-2H3,(H,27,29)/t19-/m1/s1. The molecule has 3 aromatic rings. The zero-order valence-corrected chi connectivity index (χ0v) is 18.5.